The van der Waals surface area contributed by atoms with Crippen LogP contribution in [0.15, 0.2) is 168 Å². The predicted molar refractivity (Wildman–Crippen MR) is 210 cm³/mol. The van der Waals surface area contributed by atoms with E-state index < -0.39 is 5.41 Å². The van der Waals surface area contributed by atoms with Crippen molar-refractivity contribution in [1.29, 1.82) is 0 Å². The number of hydrogen-bond acceptors (Lipinski definition) is 4. The van der Waals surface area contributed by atoms with Crippen molar-refractivity contribution < 1.29 is 4.42 Å². The van der Waals surface area contributed by atoms with Crippen LogP contribution in [0.2, 0.25) is 0 Å². The van der Waals surface area contributed by atoms with Gasteiger partial charge in [0.25, 0.3) is 0 Å². The molecular formula is C48H29N3O. The Morgan fingerprint density at radius 1 is 0.481 bits per heavy atom. The van der Waals surface area contributed by atoms with E-state index in [0.29, 0.717) is 5.82 Å². The average Bonchev–Trinajstić information content (AvgIpc) is 3.69. The maximum Gasteiger partial charge on any atom is 0.160 e. The number of rotatable bonds is 3. The van der Waals surface area contributed by atoms with Crippen molar-refractivity contribution >= 4 is 34.1 Å². The van der Waals surface area contributed by atoms with Crippen LogP contribution in [0.3, 0.4) is 0 Å². The molecule has 1 atom stereocenters. The van der Waals surface area contributed by atoms with E-state index in [9.17, 15) is 0 Å². The van der Waals surface area contributed by atoms with E-state index in [4.69, 9.17) is 14.4 Å². The molecule has 0 amide bonds. The van der Waals surface area contributed by atoms with E-state index in [2.05, 4.69) is 132 Å². The molecule has 2 aliphatic carbocycles. The van der Waals surface area contributed by atoms with Gasteiger partial charge < -0.3 is 4.42 Å². The number of pyridine rings is 1. The van der Waals surface area contributed by atoms with E-state index in [-0.39, 0.29) is 0 Å². The molecule has 1 unspecified atom stereocenters. The highest BCUT2D eigenvalue weighted by atomic mass is 16.3. The number of nitrogens with zero attached hydrogens (tertiary/aromatic N) is 3. The lowest BCUT2D eigenvalue weighted by Gasteiger charge is -2.35. The molecule has 11 rings (SSSR count). The zero-order chi connectivity index (χ0) is 34.2. The van der Waals surface area contributed by atoms with E-state index in [1.165, 1.54) is 33.4 Å². The van der Waals surface area contributed by atoms with Crippen molar-refractivity contribution in [2.45, 2.75) is 5.41 Å². The zero-order valence-electron chi connectivity index (χ0n) is 28.0. The molecule has 242 valence electrons. The van der Waals surface area contributed by atoms with Gasteiger partial charge in [0.2, 0.25) is 0 Å². The molecule has 2 aliphatic rings. The third-order valence-electron chi connectivity index (χ3n) is 10.8. The molecule has 4 nitrogen and oxygen atoms in total. The van der Waals surface area contributed by atoms with Crippen LogP contribution in [-0.4, -0.2) is 15.0 Å². The van der Waals surface area contributed by atoms with Crippen LogP contribution in [0.25, 0.3) is 79.1 Å². The van der Waals surface area contributed by atoms with E-state index >= 15 is 0 Å². The number of furan rings is 1. The van der Waals surface area contributed by atoms with E-state index in [1.54, 1.807) is 6.20 Å². The summed E-state index contributed by atoms with van der Waals surface area (Å²) in [5.74, 6) is 0.677. The topological polar surface area (TPSA) is 51.8 Å². The number of fused-ring (bicyclic) bond motifs is 13. The fourth-order valence-corrected chi connectivity index (χ4v) is 8.59. The Balaban J connectivity index is 1.23. The lowest BCUT2D eigenvalue weighted by molar-refractivity contribution is 0.669. The first-order valence-electron chi connectivity index (χ1n) is 17.6. The first-order chi connectivity index (χ1) is 25.8. The van der Waals surface area contributed by atoms with Crippen LogP contribution in [0.5, 0.6) is 0 Å². The maximum atomic E-state index is 6.76. The monoisotopic (exact) mass is 663 g/mol. The van der Waals surface area contributed by atoms with Crippen molar-refractivity contribution in [3.8, 4) is 45.0 Å². The molecule has 52 heavy (non-hydrogen) atoms. The van der Waals surface area contributed by atoms with Crippen LogP contribution in [0.1, 0.15) is 33.4 Å². The van der Waals surface area contributed by atoms with Gasteiger partial charge in [-0.15, -0.1) is 0 Å². The van der Waals surface area contributed by atoms with Gasteiger partial charge in [0.05, 0.1) is 16.8 Å². The van der Waals surface area contributed by atoms with Crippen LogP contribution in [0, 0.1) is 0 Å². The maximum absolute atomic E-state index is 6.76. The Kier molecular flexibility index (Phi) is 6.13. The van der Waals surface area contributed by atoms with Gasteiger partial charge in [0.15, 0.2) is 5.82 Å². The van der Waals surface area contributed by atoms with Gasteiger partial charge >= 0.3 is 0 Å². The fourth-order valence-electron chi connectivity index (χ4n) is 8.59. The predicted octanol–water partition coefficient (Wildman–Crippen LogP) is 11.6. The first kappa shape index (κ1) is 28.9. The Labute approximate surface area is 300 Å². The van der Waals surface area contributed by atoms with E-state index in [1.807, 2.05) is 42.6 Å². The second-order valence-electron chi connectivity index (χ2n) is 13.6. The summed E-state index contributed by atoms with van der Waals surface area (Å²) in [5.41, 5.74) is 15.4. The molecule has 0 aliphatic heterocycles. The summed E-state index contributed by atoms with van der Waals surface area (Å²) in [4.78, 5) is 14.7. The first-order valence-corrected chi connectivity index (χ1v) is 17.6. The minimum absolute atomic E-state index is 0.619. The molecule has 3 aromatic heterocycles. The van der Waals surface area contributed by atoms with Crippen LogP contribution in [0.4, 0.5) is 0 Å². The van der Waals surface area contributed by atoms with Gasteiger partial charge in [-0.1, -0.05) is 133 Å². The van der Waals surface area contributed by atoms with Crippen LogP contribution < -0.4 is 0 Å². The van der Waals surface area contributed by atoms with Crippen molar-refractivity contribution in [1.82, 2.24) is 15.0 Å². The van der Waals surface area contributed by atoms with Crippen molar-refractivity contribution in [2.24, 2.45) is 0 Å². The van der Waals surface area contributed by atoms with Gasteiger partial charge in [0.1, 0.15) is 11.2 Å². The highest BCUT2D eigenvalue weighted by Gasteiger charge is 2.49. The quantitative estimate of drug-likeness (QED) is 0.189. The van der Waals surface area contributed by atoms with Crippen molar-refractivity contribution in [3.63, 3.8) is 0 Å². The standard InChI is InChI=1S/C48H29N3O/c1-2-12-32(13-3-1)47-50-42(28-43(51-47)34-14-10-26-49-29-34)33-23-22-31-21-20-30-11-4-7-17-38(30)48(41(31)27-33)39-18-8-5-16-37(39)45-40(48)25-24-36-35-15-6-9-19-44(35)52-46(36)45/h1-29H. The lowest BCUT2D eigenvalue weighted by Crippen LogP contribution is -2.30. The van der Waals surface area contributed by atoms with Crippen molar-refractivity contribution in [3.05, 3.63) is 197 Å². The Bertz CT molecular complexity index is 2850. The highest BCUT2D eigenvalue weighted by molar-refractivity contribution is 6.12. The minimum Gasteiger partial charge on any atom is -0.455 e. The normalized spacial score (nSPS) is 15.3. The second-order valence-corrected chi connectivity index (χ2v) is 13.6. The number of hydrogen-bond donors (Lipinski definition) is 0. The molecule has 6 aromatic carbocycles. The smallest absolute Gasteiger partial charge is 0.160 e. The molecule has 0 radical (unpaired) electrons. The molecule has 3 heterocycles. The third-order valence-corrected chi connectivity index (χ3v) is 10.8. The molecule has 4 heteroatoms. The SMILES string of the molecule is C1=Cc2ccc(-c3cc(-c4cccnc4)nc(-c4ccccc4)n3)cc2C2(c3ccccc31)c1ccccc1-c1c2ccc2c1oc1ccccc12. The highest BCUT2D eigenvalue weighted by Crippen LogP contribution is 2.60. The number of aromatic nitrogens is 3. The van der Waals surface area contributed by atoms with Crippen LogP contribution >= 0.6 is 0 Å². The number of benzene rings is 6. The summed E-state index contributed by atoms with van der Waals surface area (Å²) in [7, 11) is 0. The van der Waals surface area contributed by atoms with Crippen molar-refractivity contribution in [2.75, 3.05) is 0 Å². The van der Waals surface area contributed by atoms with Crippen LogP contribution in [-0.2, 0) is 5.41 Å². The summed E-state index contributed by atoms with van der Waals surface area (Å²) in [5, 5.41) is 2.26. The Morgan fingerprint density at radius 2 is 1.21 bits per heavy atom. The summed E-state index contributed by atoms with van der Waals surface area (Å²) >= 11 is 0. The van der Waals surface area contributed by atoms with Gasteiger partial charge in [-0.2, -0.15) is 0 Å². The summed E-state index contributed by atoms with van der Waals surface area (Å²) in [6, 6.07) is 53.8. The fraction of sp³-hybridized carbons (Fsp3) is 0.0208. The number of para-hydroxylation sites is 1. The van der Waals surface area contributed by atoms with Gasteiger partial charge in [-0.3, -0.25) is 4.98 Å². The molecule has 0 bridgehead atoms. The summed E-state index contributed by atoms with van der Waals surface area (Å²) in [6.07, 6.45) is 8.18. The molecule has 9 aromatic rings. The van der Waals surface area contributed by atoms with Gasteiger partial charge in [-0.05, 0) is 69.3 Å². The molecule has 0 saturated heterocycles. The van der Waals surface area contributed by atoms with Gasteiger partial charge in [0, 0.05) is 45.4 Å². The lowest BCUT2D eigenvalue weighted by atomic mass is 9.65. The molecular weight excluding hydrogens is 635 g/mol. The molecule has 0 N–H and O–H groups in total. The van der Waals surface area contributed by atoms with Gasteiger partial charge in [-0.25, -0.2) is 9.97 Å². The largest absolute Gasteiger partial charge is 0.455 e. The summed E-state index contributed by atoms with van der Waals surface area (Å²) < 4.78 is 6.76. The second kappa shape index (κ2) is 11.0. The van der Waals surface area contributed by atoms with E-state index in [0.717, 1.165) is 61.1 Å². The minimum atomic E-state index is -0.619. The Morgan fingerprint density at radius 3 is 2.08 bits per heavy atom. The third kappa shape index (κ3) is 4.06. The molecule has 0 saturated carbocycles. The molecule has 1 spiro atoms. The average molecular weight is 664 g/mol. The summed E-state index contributed by atoms with van der Waals surface area (Å²) in [6.45, 7) is 0. The zero-order valence-corrected chi connectivity index (χ0v) is 28.0. The Hall–Kier alpha value is -6.91. The molecule has 0 fully saturated rings.